The molecule has 0 bridgehead atoms. The lowest BCUT2D eigenvalue weighted by atomic mass is 9.96. The van der Waals surface area contributed by atoms with Crippen molar-refractivity contribution in [2.75, 3.05) is 19.6 Å². The van der Waals surface area contributed by atoms with E-state index in [-0.39, 0.29) is 12.1 Å². The van der Waals surface area contributed by atoms with Gasteiger partial charge >= 0.3 is 6.18 Å². The molecule has 112 valence electrons. The van der Waals surface area contributed by atoms with Crippen molar-refractivity contribution < 1.29 is 17.6 Å². The smallest absolute Gasteiger partial charge is 0.330 e. The zero-order valence-corrected chi connectivity index (χ0v) is 11.1. The largest absolute Gasteiger partial charge is 0.416 e. The second kappa shape index (κ2) is 6.10. The highest BCUT2D eigenvalue weighted by molar-refractivity contribution is 5.30. The number of likely N-dealkylation sites (tertiary alicyclic amines) is 1. The van der Waals surface area contributed by atoms with Crippen molar-refractivity contribution in [3.05, 3.63) is 35.1 Å². The number of benzene rings is 1. The highest BCUT2D eigenvalue weighted by atomic mass is 19.4. The maximum Gasteiger partial charge on any atom is 0.416 e. The van der Waals surface area contributed by atoms with Crippen molar-refractivity contribution in [3.63, 3.8) is 0 Å². The number of piperidine rings is 1. The van der Waals surface area contributed by atoms with Crippen molar-refractivity contribution in [2.24, 2.45) is 11.7 Å². The van der Waals surface area contributed by atoms with Gasteiger partial charge in [-0.25, -0.2) is 4.39 Å². The third-order valence-electron chi connectivity index (χ3n) is 3.81. The summed E-state index contributed by atoms with van der Waals surface area (Å²) in [4.78, 5) is 1.97. The summed E-state index contributed by atoms with van der Waals surface area (Å²) in [6, 6.07) is 2.88. The number of nitrogens with two attached hydrogens (primary N) is 1. The molecule has 0 amide bonds. The van der Waals surface area contributed by atoms with Gasteiger partial charge in [-0.2, -0.15) is 13.2 Å². The van der Waals surface area contributed by atoms with Crippen LogP contribution < -0.4 is 5.73 Å². The molecule has 2 N–H and O–H groups in total. The molecular formula is C14H18F4N2. The van der Waals surface area contributed by atoms with E-state index < -0.39 is 17.6 Å². The minimum absolute atomic E-state index is 0.130. The van der Waals surface area contributed by atoms with Crippen LogP contribution >= 0.6 is 0 Å². The lowest BCUT2D eigenvalue weighted by Crippen LogP contribution is -2.36. The molecule has 0 radical (unpaired) electrons. The summed E-state index contributed by atoms with van der Waals surface area (Å²) in [5.74, 6) is -0.399. The van der Waals surface area contributed by atoms with Crippen molar-refractivity contribution >= 4 is 0 Å². The summed E-state index contributed by atoms with van der Waals surface area (Å²) in [7, 11) is 0. The Morgan fingerprint density at radius 3 is 2.40 bits per heavy atom. The predicted molar refractivity (Wildman–Crippen MR) is 68.5 cm³/mol. The first-order chi connectivity index (χ1) is 9.40. The lowest BCUT2D eigenvalue weighted by molar-refractivity contribution is -0.138. The van der Waals surface area contributed by atoms with E-state index in [0.29, 0.717) is 18.5 Å². The summed E-state index contributed by atoms with van der Waals surface area (Å²) in [6.45, 7) is 2.29. The molecule has 2 rings (SSSR count). The topological polar surface area (TPSA) is 29.3 Å². The zero-order valence-electron chi connectivity index (χ0n) is 11.1. The monoisotopic (exact) mass is 290 g/mol. The maximum atomic E-state index is 13.0. The summed E-state index contributed by atoms with van der Waals surface area (Å²) in [5, 5.41) is 0. The molecule has 1 saturated heterocycles. The lowest BCUT2D eigenvalue weighted by Gasteiger charge is -2.31. The van der Waals surface area contributed by atoms with Gasteiger partial charge in [0, 0.05) is 6.54 Å². The molecule has 1 heterocycles. The van der Waals surface area contributed by atoms with E-state index in [1.807, 2.05) is 4.90 Å². The fourth-order valence-electron chi connectivity index (χ4n) is 2.57. The molecular weight excluding hydrogens is 272 g/mol. The Hall–Kier alpha value is -1.14. The second-order valence-corrected chi connectivity index (χ2v) is 5.25. The molecule has 6 heteroatoms. The molecule has 1 aliphatic heterocycles. The van der Waals surface area contributed by atoms with Crippen LogP contribution in [0, 0.1) is 11.7 Å². The van der Waals surface area contributed by atoms with E-state index in [1.54, 1.807) is 0 Å². The number of rotatable bonds is 3. The van der Waals surface area contributed by atoms with Crippen LogP contribution in [0.3, 0.4) is 0 Å². The number of nitrogens with zero attached hydrogens (tertiary/aromatic N) is 1. The summed E-state index contributed by atoms with van der Waals surface area (Å²) < 4.78 is 51.7. The van der Waals surface area contributed by atoms with Crippen molar-refractivity contribution in [1.29, 1.82) is 0 Å². The number of halogens is 4. The van der Waals surface area contributed by atoms with Crippen LogP contribution in [0.4, 0.5) is 17.6 Å². The van der Waals surface area contributed by atoms with E-state index in [1.165, 1.54) is 6.07 Å². The highest BCUT2D eigenvalue weighted by Gasteiger charge is 2.34. The first-order valence-electron chi connectivity index (χ1n) is 6.68. The molecule has 1 aliphatic rings. The number of alkyl halides is 3. The van der Waals surface area contributed by atoms with Crippen LogP contribution in [0.25, 0.3) is 0 Å². The van der Waals surface area contributed by atoms with Gasteiger partial charge in [-0.15, -0.1) is 0 Å². The van der Waals surface area contributed by atoms with Gasteiger partial charge in [0.25, 0.3) is 0 Å². The van der Waals surface area contributed by atoms with E-state index in [0.717, 1.165) is 32.0 Å². The molecule has 20 heavy (non-hydrogen) atoms. The predicted octanol–water partition coefficient (Wildman–Crippen LogP) is 3.02. The number of hydrogen-bond donors (Lipinski definition) is 1. The SMILES string of the molecule is NCC1CCN(Cc2ccc(F)cc2C(F)(F)F)CC1. The van der Waals surface area contributed by atoms with Gasteiger partial charge in [0.2, 0.25) is 0 Å². The van der Waals surface area contributed by atoms with Crippen LogP contribution in [0.15, 0.2) is 18.2 Å². The van der Waals surface area contributed by atoms with Crippen molar-refractivity contribution in [3.8, 4) is 0 Å². The van der Waals surface area contributed by atoms with Crippen LogP contribution in [-0.4, -0.2) is 24.5 Å². The third kappa shape index (κ3) is 3.70. The second-order valence-electron chi connectivity index (χ2n) is 5.25. The van der Waals surface area contributed by atoms with Gasteiger partial charge in [0.1, 0.15) is 5.82 Å². The van der Waals surface area contributed by atoms with Gasteiger partial charge in [-0.05, 0) is 56.1 Å². The number of hydrogen-bond acceptors (Lipinski definition) is 2. The average molecular weight is 290 g/mol. The van der Waals surface area contributed by atoms with Crippen LogP contribution in [0.5, 0.6) is 0 Å². The first-order valence-corrected chi connectivity index (χ1v) is 6.68. The van der Waals surface area contributed by atoms with Crippen LogP contribution in [0.1, 0.15) is 24.0 Å². The van der Waals surface area contributed by atoms with E-state index >= 15 is 0 Å². The van der Waals surface area contributed by atoms with Crippen molar-refractivity contribution in [1.82, 2.24) is 4.90 Å². The van der Waals surface area contributed by atoms with E-state index in [9.17, 15) is 17.6 Å². The minimum atomic E-state index is -4.52. The van der Waals surface area contributed by atoms with E-state index in [2.05, 4.69) is 0 Å². The fourth-order valence-corrected chi connectivity index (χ4v) is 2.57. The van der Waals surface area contributed by atoms with Gasteiger partial charge in [0.15, 0.2) is 0 Å². The molecule has 1 fully saturated rings. The summed E-state index contributed by atoms with van der Waals surface area (Å²) in [6.07, 6.45) is -2.72. The molecule has 0 spiro atoms. The van der Waals surface area contributed by atoms with Gasteiger partial charge in [0.05, 0.1) is 5.56 Å². The average Bonchev–Trinajstić information content (AvgIpc) is 2.40. The van der Waals surface area contributed by atoms with Gasteiger partial charge in [-0.3, -0.25) is 4.90 Å². The van der Waals surface area contributed by atoms with Crippen molar-refractivity contribution in [2.45, 2.75) is 25.6 Å². The van der Waals surface area contributed by atoms with E-state index in [4.69, 9.17) is 5.73 Å². The highest BCUT2D eigenvalue weighted by Crippen LogP contribution is 2.33. The Morgan fingerprint density at radius 1 is 1.20 bits per heavy atom. The molecule has 0 aromatic heterocycles. The molecule has 0 unspecified atom stereocenters. The third-order valence-corrected chi connectivity index (χ3v) is 3.81. The Labute approximate surface area is 115 Å². The van der Waals surface area contributed by atoms with Crippen LogP contribution in [0.2, 0.25) is 0 Å². The molecule has 1 aromatic rings. The minimum Gasteiger partial charge on any atom is -0.330 e. The van der Waals surface area contributed by atoms with Gasteiger partial charge < -0.3 is 5.73 Å². The molecule has 0 aliphatic carbocycles. The summed E-state index contributed by atoms with van der Waals surface area (Å²) >= 11 is 0. The molecule has 2 nitrogen and oxygen atoms in total. The quantitative estimate of drug-likeness (QED) is 0.867. The molecule has 0 atom stereocenters. The fraction of sp³-hybridized carbons (Fsp3) is 0.571. The zero-order chi connectivity index (χ0) is 14.8. The normalized spacial score (nSPS) is 18.4. The Balaban J connectivity index is 2.10. The Morgan fingerprint density at radius 2 is 1.85 bits per heavy atom. The Bertz CT molecular complexity index is 451. The molecule has 0 saturated carbocycles. The van der Waals surface area contributed by atoms with Crippen LogP contribution in [-0.2, 0) is 12.7 Å². The van der Waals surface area contributed by atoms with Gasteiger partial charge in [-0.1, -0.05) is 6.07 Å². The molecule has 1 aromatic carbocycles. The maximum absolute atomic E-state index is 13.0. The summed E-state index contributed by atoms with van der Waals surface area (Å²) in [5.41, 5.74) is 4.84. The first kappa shape index (κ1) is 15.3. The standard InChI is InChI=1S/C14H18F4N2/c15-12-2-1-11(13(7-12)14(16,17)18)9-20-5-3-10(8-19)4-6-20/h1-2,7,10H,3-6,8-9,19H2. The Kier molecular flexibility index (Phi) is 4.65.